The molecule has 0 nitrogen and oxygen atoms in total. The van der Waals surface area contributed by atoms with Crippen molar-refractivity contribution < 1.29 is 0 Å². The van der Waals surface area contributed by atoms with E-state index in [-0.39, 0.29) is 0 Å². The molecule has 2 aliphatic carbocycles. The van der Waals surface area contributed by atoms with Crippen molar-refractivity contribution in [2.75, 3.05) is 0 Å². The summed E-state index contributed by atoms with van der Waals surface area (Å²) in [5.74, 6) is 9.93. The van der Waals surface area contributed by atoms with Crippen LogP contribution < -0.4 is 0 Å². The van der Waals surface area contributed by atoms with Crippen LogP contribution >= 0.6 is 11.6 Å². The zero-order valence-electron chi connectivity index (χ0n) is 16.9. The molecular formula is C26H35Cl. The van der Waals surface area contributed by atoms with Gasteiger partial charge in [0.15, 0.2) is 0 Å². The molecule has 0 aliphatic heterocycles. The Labute approximate surface area is 171 Å². The average Bonchev–Trinajstić information content (AvgIpc) is 2.72. The van der Waals surface area contributed by atoms with Crippen molar-refractivity contribution >= 4 is 11.6 Å². The van der Waals surface area contributed by atoms with E-state index < -0.39 is 0 Å². The van der Waals surface area contributed by atoms with Gasteiger partial charge in [0.05, 0.1) is 0 Å². The molecule has 1 aromatic carbocycles. The number of rotatable bonds is 5. The van der Waals surface area contributed by atoms with Crippen LogP contribution in [-0.4, -0.2) is 0 Å². The van der Waals surface area contributed by atoms with E-state index in [9.17, 15) is 0 Å². The molecule has 2 saturated carbocycles. The van der Waals surface area contributed by atoms with Crippen LogP contribution in [0.1, 0.15) is 89.0 Å². The van der Waals surface area contributed by atoms with Gasteiger partial charge in [0, 0.05) is 10.9 Å². The van der Waals surface area contributed by atoms with Crippen LogP contribution in [0.5, 0.6) is 0 Å². The Morgan fingerprint density at radius 3 is 2.33 bits per heavy atom. The van der Waals surface area contributed by atoms with E-state index in [1.165, 1.54) is 76.2 Å². The van der Waals surface area contributed by atoms with Crippen LogP contribution in [0.4, 0.5) is 0 Å². The molecule has 1 heteroatoms. The van der Waals surface area contributed by atoms with Gasteiger partial charge in [0.25, 0.3) is 0 Å². The highest BCUT2D eigenvalue weighted by molar-refractivity contribution is 6.30. The first kappa shape index (κ1) is 20.5. The van der Waals surface area contributed by atoms with Crippen molar-refractivity contribution in [2.45, 2.75) is 83.5 Å². The van der Waals surface area contributed by atoms with E-state index in [2.05, 4.69) is 43.0 Å². The first-order valence-electron chi connectivity index (χ1n) is 11.2. The normalized spacial score (nSPS) is 28.7. The summed E-state index contributed by atoms with van der Waals surface area (Å²) < 4.78 is 0. The van der Waals surface area contributed by atoms with Gasteiger partial charge in [-0.3, -0.25) is 0 Å². The fourth-order valence-electron chi connectivity index (χ4n) is 4.82. The Balaban J connectivity index is 1.37. The molecule has 0 spiro atoms. The van der Waals surface area contributed by atoms with Crippen LogP contribution in [0, 0.1) is 29.6 Å². The second-order valence-corrected chi connectivity index (χ2v) is 9.11. The maximum Gasteiger partial charge on any atom is 0.0406 e. The zero-order chi connectivity index (χ0) is 18.9. The van der Waals surface area contributed by atoms with Crippen molar-refractivity contribution in [3.8, 4) is 11.8 Å². The molecule has 0 atom stereocenters. The zero-order valence-corrected chi connectivity index (χ0v) is 17.7. The molecule has 27 heavy (non-hydrogen) atoms. The van der Waals surface area contributed by atoms with Crippen LogP contribution in [0.2, 0.25) is 5.02 Å². The molecule has 2 aliphatic rings. The number of halogens is 1. The van der Waals surface area contributed by atoms with Gasteiger partial charge in [0.1, 0.15) is 0 Å². The highest BCUT2D eigenvalue weighted by Gasteiger charge is 2.21. The first-order valence-corrected chi connectivity index (χ1v) is 11.6. The van der Waals surface area contributed by atoms with Crippen molar-refractivity contribution in [1.82, 2.24) is 0 Å². The van der Waals surface area contributed by atoms with Crippen molar-refractivity contribution in [1.29, 1.82) is 0 Å². The third-order valence-electron chi connectivity index (χ3n) is 6.67. The average molecular weight is 383 g/mol. The predicted octanol–water partition coefficient (Wildman–Crippen LogP) is 8.17. The Morgan fingerprint density at radius 2 is 1.67 bits per heavy atom. The standard InChI is InChI=1S/C26H35Cl/c1-2-3-6-21-9-11-22(12-10-21)7-4-5-8-23-13-15-24(16-14-23)25-17-19-26(27)20-18-25/h4,7,17-24H,2-3,6,9-16H2,1H3/b7-4+. The first-order chi connectivity index (χ1) is 13.2. The fraction of sp³-hybridized carbons (Fsp3) is 0.615. The van der Waals surface area contributed by atoms with Crippen LogP contribution in [0.25, 0.3) is 0 Å². The van der Waals surface area contributed by atoms with Crippen LogP contribution in [0.15, 0.2) is 36.4 Å². The van der Waals surface area contributed by atoms with E-state index in [1.807, 2.05) is 12.1 Å². The Kier molecular flexibility index (Phi) is 8.34. The maximum absolute atomic E-state index is 6.00. The van der Waals surface area contributed by atoms with Crippen LogP contribution in [-0.2, 0) is 0 Å². The van der Waals surface area contributed by atoms with E-state index in [1.54, 1.807) is 0 Å². The van der Waals surface area contributed by atoms with Crippen molar-refractivity contribution in [3.05, 3.63) is 47.0 Å². The van der Waals surface area contributed by atoms with Crippen LogP contribution in [0.3, 0.4) is 0 Å². The van der Waals surface area contributed by atoms with Gasteiger partial charge in [0.2, 0.25) is 0 Å². The summed E-state index contributed by atoms with van der Waals surface area (Å²) in [5.41, 5.74) is 1.44. The van der Waals surface area contributed by atoms with Gasteiger partial charge >= 0.3 is 0 Å². The van der Waals surface area contributed by atoms with Gasteiger partial charge in [-0.15, -0.1) is 0 Å². The minimum Gasteiger partial charge on any atom is -0.0951 e. The number of allylic oxidation sites excluding steroid dienone is 2. The molecule has 0 N–H and O–H groups in total. The molecule has 0 radical (unpaired) electrons. The van der Waals surface area contributed by atoms with Gasteiger partial charge in [-0.1, -0.05) is 67.8 Å². The highest BCUT2D eigenvalue weighted by atomic mass is 35.5. The summed E-state index contributed by atoms with van der Waals surface area (Å²) in [4.78, 5) is 0. The minimum absolute atomic E-state index is 0.586. The molecule has 0 heterocycles. The fourth-order valence-corrected chi connectivity index (χ4v) is 4.94. The lowest BCUT2D eigenvalue weighted by Gasteiger charge is -2.26. The molecule has 2 fully saturated rings. The Morgan fingerprint density at radius 1 is 0.963 bits per heavy atom. The van der Waals surface area contributed by atoms with Crippen molar-refractivity contribution in [2.24, 2.45) is 17.8 Å². The molecule has 0 saturated heterocycles. The highest BCUT2D eigenvalue weighted by Crippen LogP contribution is 2.36. The summed E-state index contributed by atoms with van der Waals surface area (Å²) in [7, 11) is 0. The summed E-state index contributed by atoms with van der Waals surface area (Å²) in [6.07, 6.45) is 19.3. The lowest BCUT2D eigenvalue weighted by Crippen LogP contribution is -2.13. The molecule has 1 aromatic rings. The SMILES string of the molecule is CCCCC1CCC(/C=C/C#CC2CCC(c3ccc(Cl)cc3)CC2)CC1. The van der Waals surface area contributed by atoms with Crippen molar-refractivity contribution in [3.63, 3.8) is 0 Å². The molecule has 146 valence electrons. The van der Waals surface area contributed by atoms with Gasteiger partial charge < -0.3 is 0 Å². The van der Waals surface area contributed by atoms with Gasteiger partial charge in [-0.2, -0.15) is 0 Å². The summed E-state index contributed by atoms with van der Waals surface area (Å²) in [6.45, 7) is 2.30. The molecule has 0 unspecified atom stereocenters. The van der Waals surface area contributed by atoms with Gasteiger partial charge in [-0.25, -0.2) is 0 Å². The van der Waals surface area contributed by atoms with E-state index in [4.69, 9.17) is 11.6 Å². The topological polar surface area (TPSA) is 0 Å². The number of hydrogen-bond donors (Lipinski definition) is 0. The summed E-state index contributed by atoms with van der Waals surface area (Å²) in [5, 5.41) is 0.833. The predicted molar refractivity (Wildman–Crippen MR) is 118 cm³/mol. The Bertz CT molecular complexity index is 629. The minimum atomic E-state index is 0.586. The third kappa shape index (κ3) is 6.73. The lowest BCUT2D eigenvalue weighted by atomic mass is 9.79. The number of hydrogen-bond acceptors (Lipinski definition) is 0. The molecule has 0 bridgehead atoms. The quantitative estimate of drug-likeness (QED) is 0.450. The number of benzene rings is 1. The van der Waals surface area contributed by atoms with Gasteiger partial charge in [-0.05, 0) is 92.9 Å². The second kappa shape index (κ2) is 11.0. The summed E-state index contributed by atoms with van der Waals surface area (Å²) in [6, 6.07) is 8.42. The second-order valence-electron chi connectivity index (χ2n) is 8.67. The summed E-state index contributed by atoms with van der Waals surface area (Å²) >= 11 is 6.00. The van der Waals surface area contributed by atoms with E-state index in [0.29, 0.717) is 11.8 Å². The molecular weight excluding hydrogens is 348 g/mol. The van der Waals surface area contributed by atoms with E-state index in [0.717, 1.165) is 16.9 Å². The number of unbranched alkanes of at least 4 members (excludes halogenated alkanes) is 1. The van der Waals surface area contributed by atoms with E-state index >= 15 is 0 Å². The smallest absolute Gasteiger partial charge is 0.0406 e. The largest absolute Gasteiger partial charge is 0.0951 e. The molecule has 0 amide bonds. The third-order valence-corrected chi connectivity index (χ3v) is 6.92. The molecule has 0 aromatic heterocycles. The monoisotopic (exact) mass is 382 g/mol. The lowest BCUT2D eigenvalue weighted by molar-refractivity contribution is 0.291. The maximum atomic E-state index is 6.00. The molecule has 3 rings (SSSR count). The Hall–Kier alpha value is -1.19.